The van der Waals surface area contributed by atoms with E-state index in [2.05, 4.69) is 68.1 Å². The van der Waals surface area contributed by atoms with Crippen LogP contribution in [0.15, 0.2) is 18.5 Å². The fraction of sp³-hybridized carbons (Fsp3) is 0.714. The van der Waals surface area contributed by atoms with Crippen molar-refractivity contribution in [2.45, 2.75) is 45.8 Å². The molecule has 0 aliphatic rings. The van der Waals surface area contributed by atoms with Gasteiger partial charge in [-0.1, -0.05) is 0 Å². The van der Waals surface area contributed by atoms with Gasteiger partial charge in [0.05, 0.1) is 0 Å². The molecule has 3 heteroatoms. The molecule has 0 atom stereocenters. The van der Waals surface area contributed by atoms with E-state index in [1.54, 1.807) is 0 Å². The highest BCUT2D eigenvalue weighted by Gasteiger charge is 2.08. The number of nitrogens with zero attached hydrogens (tertiary/aromatic N) is 2. The van der Waals surface area contributed by atoms with Gasteiger partial charge in [0.25, 0.3) is 0 Å². The van der Waals surface area contributed by atoms with Crippen LogP contribution < -0.4 is 5.32 Å². The molecule has 3 nitrogen and oxygen atoms in total. The molecule has 0 amide bonds. The fourth-order valence-electron chi connectivity index (χ4n) is 1.67. The maximum absolute atomic E-state index is 3.50. The van der Waals surface area contributed by atoms with Crippen molar-refractivity contribution < 1.29 is 0 Å². The van der Waals surface area contributed by atoms with Crippen LogP contribution in [0.3, 0.4) is 0 Å². The first-order valence-corrected chi connectivity index (χ1v) is 6.41. The molecule has 17 heavy (non-hydrogen) atoms. The maximum atomic E-state index is 3.50. The van der Waals surface area contributed by atoms with Crippen molar-refractivity contribution in [3.63, 3.8) is 0 Å². The Labute approximate surface area is 106 Å². The van der Waals surface area contributed by atoms with Gasteiger partial charge in [0.2, 0.25) is 0 Å². The van der Waals surface area contributed by atoms with Gasteiger partial charge in [-0.15, -0.1) is 0 Å². The molecule has 0 saturated carbocycles. The Bertz CT molecular complexity index is 320. The van der Waals surface area contributed by atoms with Crippen molar-refractivity contribution >= 4 is 0 Å². The second-order valence-corrected chi connectivity index (χ2v) is 6.02. The van der Waals surface area contributed by atoms with E-state index in [-0.39, 0.29) is 5.54 Å². The topological polar surface area (TPSA) is 20.2 Å². The first-order valence-electron chi connectivity index (χ1n) is 6.41. The largest absolute Gasteiger partial charge is 0.354 e. The Kier molecular flexibility index (Phi) is 5.22. The highest BCUT2D eigenvalue weighted by atomic mass is 15.1. The van der Waals surface area contributed by atoms with Crippen molar-refractivity contribution in [1.82, 2.24) is 14.8 Å². The molecule has 0 aromatic carbocycles. The smallest absolute Gasteiger partial charge is 0.0231 e. The Morgan fingerprint density at radius 2 is 2.00 bits per heavy atom. The Morgan fingerprint density at radius 1 is 1.29 bits per heavy atom. The third-order valence-corrected chi connectivity index (χ3v) is 2.66. The normalized spacial score (nSPS) is 12.4. The molecule has 1 N–H and O–H groups in total. The lowest BCUT2D eigenvalue weighted by Gasteiger charge is -2.19. The maximum Gasteiger partial charge on any atom is 0.0231 e. The predicted molar refractivity (Wildman–Crippen MR) is 74.2 cm³/mol. The van der Waals surface area contributed by atoms with Crippen molar-refractivity contribution in [2.24, 2.45) is 0 Å². The molecule has 0 saturated heterocycles. The highest BCUT2D eigenvalue weighted by Crippen LogP contribution is 2.06. The average molecular weight is 237 g/mol. The molecular formula is C14H27N3. The molecule has 1 aromatic heterocycles. The zero-order valence-electron chi connectivity index (χ0n) is 12.0. The molecule has 0 bridgehead atoms. The average Bonchev–Trinajstić information content (AvgIpc) is 2.61. The summed E-state index contributed by atoms with van der Waals surface area (Å²) in [5, 5.41) is 3.50. The van der Waals surface area contributed by atoms with E-state index in [9.17, 15) is 0 Å². The van der Waals surface area contributed by atoms with E-state index in [1.807, 2.05) is 0 Å². The fourth-order valence-corrected chi connectivity index (χ4v) is 1.67. The summed E-state index contributed by atoms with van der Waals surface area (Å²) in [7, 11) is 4.24. The predicted octanol–water partition coefficient (Wildman–Crippen LogP) is 2.33. The van der Waals surface area contributed by atoms with Crippen molar-refractivity contribution in [2.75, 3.05) is 20.6 Å². The molecule has 0 aliphatic carbocycles. The second-order valence-electron chi connectivity index (χ2n) is 6.02. The van der Waals surface area contributed by atoms with E-state index in [4.69, 9.17) is 0 Å². The zero-order chi connectivity index (χ0) is 12.9. The van der Waals surface area contributed by atoms with Gasteiger partial charge in [-0.25, -0.2) is 0 Å². The summed E-state index contributed by atoms with van der Waals surface area (Å²) in [6.07, 6.45) is 5.62. The van der Waals surface area contributed by atoms with Gasteiger partial charge >= 0.3 is 0 Å². The summed E-state index contributed by atoms with van der Waals surface area (Å²) in [4.78, 5) is 2.23. The summed E-state index contributed by atoms with van der Waals surface area (Å²) in [5.41, 5.74) is 1.55. The van der Waals surface area contributed by atoms with Crippen LogP contribution in [0, 0.1) is 0 Å². The van der Waals surface area contributed by atoms with E-state index < -0.39 is 0 Å². The minimum atomic E-state index is 0.188. The van der Waals surface area contributed by atoms with Gasteiger partial charge in [-0.05, 0) is 59.5 Å². The molecule has 0 unspecified atom stereocenters. The Hall–Kier alpha value is -0.800. The number of rotatable bonds is 6. The van der Waals surface area contributed by atoms with Crippen LogP contribution in [-0.4, -0.2) is 35.6 Å². The van der Waals surface area contributed by atoms with Gasteiger partial charge in [-0.2, -0.15) is 0 Å². The van der Waals surface area contributed by atoms with Gasteiger partial charge in [0.1, 0.15) is 0 Å². The van der Waals surface area contributed by atoms with Crippen molar-refractivity contribution in [1.29, 1.82) is 0 Å². The van der Waals surface area contributed by atoms with E-state index >= 15 is 0 Å². The molecular weight excluding hydrogens is 210 g/mol. The lowest BCUT2D eigenvalue weighted by atomic mass is 10.1. The van der Waals surface area contributed by atoms with Crippen LogP contribution in [-0.2, 0) is 13.1 Å². The number of nitrogens with one attached hydrogen (secondary N) is 1. The van der Waals surface area contributed by atoms with Gasteiger partial charge < -0.3 is 14.8 Å². The summed E-state index contributed by atoms with van der Waals surface area (Å²) in [5.74, 6) is 0. The van der Waals surface area contributed by atoms with E-state index in [0.717, 1.165) is 19.6 Å². The van der Waals surface area contributed by atoms with Crippen LogP contribution in [0.2, 0.25) is 0 Å². The van der Waals surface area contributed by atoms with E-state index in [0.29, 0.717) is 0 Å². The van der Waals surface area contributed by atoms with Crippen molar-refractivity contribution in [3.8, 4) is 0 Å². The first kappa shape index (κ1) is 14.3. The summed E-state index contributed by atoms with van der Waals surface area (Å²) < 4.78 is 2.28. The highest BCUT2D eigenvalue weighted by molar-refractivity contribution is 5.10. The zero-order valence-corrected chi connectivity index (χ0v) is 12.0. The van der Waals surface area contributed by atoms with Crippen LogP contribution in [0.1, 0.15) is 32.8 Å². The van der Waals surface area contributed by atoms with Crippen LogP contribution in [0.4, 0.5) is 0 Å². The molecule has 0 radical (unpaired) electrons. The van der Waals surface area contributed by atoms with Crippen LogP contribution in [0.25, 0.3) is 0 Å². The molecule has 1 aromatic rings. The summed E-state index contributed by atoms with van der Waals surface area (Å²) in [6, 6.07) is 2.20. The lowest BCUT2D eigenvalue weighted by molar-refractivity contribution is 0.386. The van der Waals surface area contributed by atoms with Crippen LogP contribution in [0.5, 0.6) is 0 Å². The second kappa shape index (κ2) is 6.22. The number of hydrogen-bond acceptors (Lipinski definition) is 2. The molecule has 1 rings (SSSR count). The SMILES string of the molecule is CN(C)CCCn1ccc(CNC(C)(C)C)c1. The third-order valence-electron chi connectivity index (χ3n) is 2.66. The van der Waals surface area contributed by atoms with Gasteiger partial charge in [-0.3, -0.25) is 0 Å². The number of hydrogen-bond donors (Lipinski definition) is 1. The third kappa shape index (κ3) is 6.49. The monoisotopic (exact) mass is 237 g/mol. The molecule has 98 valence electrons. The van der Waals surface area contributed by atoms with Gasteiger partial charge in [0, 0.05) is 31.0 Å². The summed E-state index contributed by atoms with van der Waals surface area (Å²) >= 11 is 0. The number of aromatic nitrogens is 1. The van der Waals surface area contributed by atoms with E-state index in [1.165, 1.54) is 12.0 Å². The molecule has 1 heterocycles. The quantitative estimate of drug-likeness (QED) is 0.819. The molecule has 0 fully saturated rings. The Morgan fingerprint density at radius 3 is 2.59 bits per heavy atom. The minimum Gasteiger partial charge on any atom is -0.354 e. The number of aryl methyl sites for hydroxylation is 1. The standard InChI is InChI=1S/C14H27N3/c1-14(2,3)15-11-13-7-10-17(12-13)9-6-8-16(4)5/h7,10,12,15H,6,8-9,11H2,1-5H3. The summed E-state index contributed by atoms with van der Waals surface area (Å²) in [6.45, 7) is 9.79. The van der Waals surface area contributed by atoms with Gasteiger partial charge in [0.15, 0.2) is 0 Å². The van der Waals surface area contributed by atoms with Crippen molar-refractivity contribution in [3.05, 3.63) is 24.0 Å². The molecule has 0 spiro atoms. The Balaban J connectivity index is 2.32. The minimum absolute atomic E-state index is 0.188. The lowest BCUT2D eigenvalue weighted by Crippen LogP contribution is -2.34. The first-order chi connectivity index (χ1) is 7.87. The molecule has 0 aliphatic heterocycles. The van der Waals surface area contributed by atoms with Crippen LogP contribution >= 0.6 is 0 Å².